The van der Waals surface area contributed by atoms with Crippen molar-refractivity contribution in [3.05, 3.63) is 89.2 Å². The number of amides is 2. The van der Waals surface area contributed by atoms with E-state index < -0.39 is 23.7 Å². The summed E-state index contributed by atoms with van der Waals surface area (Å²) in [6, 6.07) is 18.0. The van der Waals surface area contributed by atoms with E-state index >= 15 is 0 Å². The molecule has 0 aromatic heterocycles. The highest BCUT2D eigenvalue weighted by molar-refractivity contribution is 5.98. The second-order valence-corrected chi connectivity index (χ2v) is 8.78. The molecule has 0 aliphatic heterocycles. The Hall–Kier alpha value is -4.60. The summed E-state index contributed by atoms with van der Waals surface area (Å²) in [4.78, 5) is 30.2. The van der Waals surface area contributed by atoms with Crippen LogP contribution in [0.3, 0.4) is 0 Å². The molecular weight excluding hydrogens is 515 g/mol. The van der Waals surface area contributed by atoms with Crippen LogP contribution in [0.2, 0.25) is 0 Å². The molecular formula is C30H35FN4O5. The predicted octanol–water partition coefficient (Wildman–Crippen LogP) is 3.53. The van der Waals surface area contributed by atoms with Crippen molar-refractivity contribution < 1.29 is 28.2 Å². The summed E-state index contributed by atoms with van der Waals surface area (Å²) in [5.74, 6) is -0.244. The van der Waals surface area contributed by atoms with E-state index in [2.05, 4.69) is 15.6 Å². The van der Waals surface area contributed by atoms with Crippen LogP contribution in [0.15, 0.2) is 71.7 Å². The monoisotopic (exact) mass is 550 g/mol. The zero-order chi connectivity index (χ0) is 28.9. The number of nitrogens with two attached hydrogens (primary N) is 1. The maximum atomic E-state index is 13.7. The van der Waals surface area contributed by atoms with Gasteiger partial charge >= 0.3 is 0 Å². The number of ether oxygens (including phenoxy) is 3. The highest BCUT2D eigenvalue weighted by Crippen LogP contribution is 2.28. The number of halogens is 1. The highest BCUT2D eigenvalue weighted by Gasteiger charge is 2.20. The van der Waals surface area contributed by atoms with Crippen molar-refractivity contribution in [2.45, 2.75) is 39.3 Å². The molecule has 0 radical (unpaired) electrons. The summed E-state index contributed by atoms with van der Waals surface area (Å²) in [5.41, 5.74) is 8.28. The molecule has 1 atom stereocenters. The van der Waals surface area contributed by atoms with E-state index in [0.717, 1.165) is 5.56 Å². The van der Waals surface area contributed by atoms with Crippen molar-refractivity contribution in [2.24, 2.45) is 10.7 Å². The number of guanidine groups is 1. The first-order chi connectivity index (χ1) is 19.3. The van der Waals surface area contributed by atoms with Gasteiger partial charge in [0.1, 0.15) is 6.04 Å². The Morgan fingerprint density at radius 1 is 0.900 bits per heavy atom. The van der Waals surface area contributed by atoms with Gasteiger partial charge in [-0.15, -0.1) is 0 Å². The number of benzene rings is 3. The van der Waals surface area contributed by atoms with Crippen molar-refractivity contribution in [3.8, 4) is 17.2 Å². The fourth-order valence-electron chi connectivity index (χ4n) is 3.93. The van der Waals surface area contributed by atoms with E-state index in [0.29, 0.717) is 35.8 Å². The molecule has 2 amide bonds. The number of carbonyl (C=O) groups excluding carboxylic acids is 2. The Morgan fingerprint density at radius 2 is 1.57 bits per heavy atom. The standard InChI is InChI=1S/C30H35FN4O5/c1-4-39-25-14-12-21(16-27(25)40-5-2)18-28(36)35-30(32)34-24(15-20-9-7-6-8-10-20)29(37)33-19-22-11-13-23(31)26(17-22)38-3/h6-14,16-17,24H,4-5,15,18-19H2,1-3H3,(H,33,37)(H3,32,34,35,36). The third-order valence-corrected chi connectivity index (χ3v) is 5.79. The van der Waals surface area contributed by atoms with E-state index in [4.69, 9.17) is 19.9 Å². The number of carbonyl (C=O) groups is 2. The number of rotatable bonds is 13. The second-order valence-electron chi connectivity index (χ2n) is 8.78. The fourth-order valence-corrected chi connectivity index (χ4v) is 3.93. The van der Waals surface area contributed by atoms with Gasteiger partial charge in [0, 0.05) is 13.0 Å². The molecule has 0 aliphatic carbocycles. The quantitative estimate of drug-likeness (QED) is 0.221. The molecule has 212 valence electrons. The number of methoxy groups -OCH3 is 1. The minimum absolute atomic E-state index is 0.0185. The summed E-state index contributed by atoms with van der Waals surface area (Å²) >= 11 is 0. The Morgan fingerprint density at radius 3 is 2.27 bits per heavy atom. The van der Waals surface area contributed by atoms with Crippen LogP contribution < -0.4 is 30.6 Å². The SMILES string of the molecule is CCOc1ccc(CC(=O)NC(N)=NC(Cc2ccccc2)C(=O)NCc2ccc(F)c(OC)c2)cc1OCC. The van der Waals surface area contributed by atoms with Gasteiger partial charge in [0.05, 0.1) is 26.7 Å². The third kappa shape index (κ3) is 9.00. The van der Waals surface area contributed by atoms with Crippen LogP contribution >= 0.6 is 0 Å². The van der Waals surface area contributed by atoms with E-state index in [1.54, 1.807) is 24.3 Å². The minimum Gasteiger partial charge on any atom is -0.494 e. The fraction of sp³-hybridized carbons (Fsp3) is 0.300. The van der Waals surface area contributed by atoms with Gasteiger partial charge in [0.15, 0.2) is 29.0 Å². The van der Waals surface area contributed by atoms with E-state index in [1.807, 2.05) is 44.2 Å². The Bertz CT molecular complexity index is 1320. The van der Waals surface area contributed by atoms with Gasteiger partial charge in [-0.3, -0.25) is 14.9 Å². The number of nitrogens with zero attached hydrogens (tertiary/aromatic N) is 1. The van der Waals surface area contributed by atoms with Crippen LogP contribution in [0.1, 0.15) is 30.5 Å². The zero-order valence-corrected chi connectivity index (χ0v) is 22.9. The Labute approximate surface area is 233 Å². The summed E-state index contributed by atoms with van der Waals surface area (Å²) in [7, 11) is 1.37. The van der Waals surface area contributed by atoms with Crippen molar-refractivity contribution in [3.63, 3.8) is 0 Å². The average molecular weight is 551 g/mol. The third-order valence-electron chi connectivity index (χ3n) is 5.79. The summed E-state index contributed by atoms with van der Waals surface area (Å²) in [5, 5.41) is 5.37. The molecule has 0 spiro atoms. The minimum atomic E-state index is -0.917. The molecule has 3 aromatic rings. The van der Waals surface area contributed by atoms with Gasteiger partial charge in [-0.2, -0.15) is 0 Å². The zero-order valence-electron chi connectivity index (χ0n) is 22.9. The summed E-state index contributed by atoms with van der Waals surface area (Å²) in [6.07, 6.45) is 0.275. The van der Waals surface area contributed by atoms with Crippen LogP contribution in [0.5, 0.6) is 17.2 Å². The van der Waals surface area contributed by atoms with E-state index in [9.17, 15) is 14.0 Å². The lowest BCUT2D eigenvalue weighted by Crippen LogP contribution is -2.42. The molecule has 3 aromatic carbocycles. The molecule has 0 heterocycles. The predicted molar refractivity (Wildman–Crippen MR) is 151 cm³/mol. The van der Waals surface area contributed by atoms with Gasteiger partial charge < -0.3 is 25.3 Å². The first kappa shape index (κ1) is 29.9. The molecule has 9 nitrogen and oxygen atoms in total. The van der Waals surface area contributed by atoms with Crippen LogP contribution in [0, 0.1) is 5.82 Å². The molecule has 40 heavy (non-hydrogen) atoms. The van der Waals surface area contributed by atoms with Crippen LogP contribution in [0.4, 0.5) is 4.39 Å². The first-order valence-corrected chi connectivity index (χ1v) is 13.0. The van der Waals surface area contributed by atoms with Crippen LogP contribution in [-0.2, 0) is 29.0 Å². The smallest absolute Gasteiger partial charge is 0.245 e. The van der Waals surface area contributed by atoms with E-state index in [-0.39, 0.29) is 31.1 Å². The van der Waals surface area contributed by atoms with Crippen molar-refractivity contribution in [1.82, 2.24) is 10.6 Å². The number of hydrogen-bond acceptors (Lipinski definition) is 6. The maximum Gasteiger partial charge on any atom is 0.245 e. The Kier molecular flexibility index (Phi) is 11.3. The van der Waals surface area contributed by atoms with Gasteiger partial charge in [-0.05, 0) is 54.8 Å². The lowest BCUT2D eigenvalue weighted by atomic mass is 10.1. The molecule has 3 rings (SSSR count). The lowest BCUT2D eigenvalue weighted by molar-refractivity contribution is -0.122. The van der Waals surface area contributed by atoms with Gasteiger partial charge in [-0.25, -0.2) is 9.38 Å². The summed E-state index contributed by atoms with van der Waals surface area (Å²) in [6.45, 7) is 4.81. The highest BCUT2D eigenvalue weighted by atomic mass is 19.1. The normalized spacial score (nSPS) is 11.8. The molecule has 0 fully saturated rings. The largest absolute Gasteiger partial charge is 0.494 e. The van der Waals surface area contributed by atoms with Gasteiger partial charge in [-0.1, -0.05) is 42.5 Å². The summed E-state index contributed by atoms with van der Waals surface area (Å²) < 4.78 is 29.9. The number of nitrogens with one attached hydrogen (secondary N) is 2. The van der Waals surface area contributed by atoms with Crippen LogP contribution in [-0.4, -0.2) is 44.1 Å². The van der Waals surface area contributed by atoms with Crippen molar-refractivity contribution >= 4 is 17.8 Å². The van der Waals surface area contributed by atoms with Gasteiger partial charge in [0.2, 0.25) is 11.8 Å². The lowest BCUT2D eigenvalue weighted by Gasteiger charge is -2.15. The molecule has 4 N–H and O–H groups in total. The number of hydrogen-bond donors (Lipinski definition) is 3. The second kappa shape index (κ2) is 15.1. The molecule has 0 saturated carbocycles. The Balaban J connectivity index is 1.70. The van der Waals surface area contributed by atoms with Crippen molar-refractivity contribution in [2.75, 3.05) is 20.3 Å². The van der Waals surface area contributed by atoms with Gasteiger partial charge in [0.25, 0.3) is 0 Å². The molecule has 0 aliphatic rings. The molecule has 0 saturated heterocycles. The van der Waals surface area contributed by atoms with E-state index in [1.165, 1.54) is 19.2 Å². The number of aliphatic imine (C=N–C) groups is 1. The average Bonchev–Trinajstić information content (AvgIpc) is 2.94. The topological polar surface area (TPSA) is 124 Å². The van der Waals surface area contributed by atoms with Crippen molar-refractivity contribution in [1.29, 1.82) is 0 Å². The molecule has 10 heteroatoms. The molecule has 1 unspecified atom stereocenters. The first-order valence-electron chi connectivity index (χ1n) is 13.0. The molecule has 0 bridgehead atoms. The maximum absolute atomic E-state index is 13.7. The van der Waals surface area contributed by atoms with Crippen LogP contribution in [0.25, 0.3) is 0 Å².